The van der Waals surface area contributed by atoms with E-state index < -0.39 is 6.04 Å². The van der Waals surface area contributed by atoms with E-state index in [4.69, 9.17) is 18.9 Å². The SMILES string of the molecule is CCCCCCCCC(CCCC)OC(=O)CCCCCCCOC(=O)[C@@H]1C[C@H](OC(=O)CCN(C)C)CN1CCCCCC(=O)OC(CCCCCC)CCCCCCCC. The molecule has 0 aromatic carbocycles. The van der Waals surface area contributed by atoms with E-state index in [0.29, 0.717) is 51.9 Å². The molecular weight excluding hydrogens is 781 g/mol. The second-order valence-electron chi connectivity index (χ2n) is 18.7. The number of unbranched alkanes of at least 4 members (excludes halogenated alkanes) is 20. The number of nitrogens with zero attached hydrogens (tertiary/aromatic N) is 2. The zero-order chi connectivity index (χ0) is 45.5. The Bertz CT molecular complexity index is 1100. The molecule has 62 heavy (non-hydrogen) atoms. The van der Waals surface area contributed by atoms with Crippen LogP contribution >= 0.6 is 0 Å². The van der Waals surface area contributed by atoms with Gasteiger partial charge in [0.1, 0.15) is 24.4 Å². The highest BCUT2D eigenvalue weighted by Gasteiger charge is 2.39. The first-order valence-electron chi connectivity index (χ1n) is 26.3. The van der Waals surface area contributed by atoms with Crippen LogP contribution in [0.3, 0.4) is 0 Å². The average molecular weight is 879 g/mol. The summed E-state index contributed by atoms with van der Waals surface area (Å²) in [6, 6.07) is -0.449. The van der Waals surface area contributed by atoms with Crippen LogP contribution < -0.4 is 0 Å². The van der Waals surface area contributed by atoms with Crippen molar-refractivity contribution in [1.29, 1.82) is 0 Å². The van der Waals surface area contributed by atoms with Gasteiger partial charge in [-0.3, -0.25) is 24.1 Å². The summed E-state index contributed by atoms with van der Waals surface area (Å²) in [5, 5.41) is 0. The lowest BCUT2D eigenvalue weighted by Crippen LogP contribution is -2.38. The zero-order valence-electron chi connectivity index (χ0n) is 41.3. The predicted molar refractivity (Wildman–Crippen MR) is 254 cm³/mol. The van der Waals surface area contributed by atoms with E-state index in [0.717, 1.165) is 109 Å². The normalized spacial score (nSPS) is 16.4. The van der Waals surface area contributed by atoms with E-state index in [1.165, 1.54) is 83.5 Å². The minimum Gasteiger partial charge on any atom is -0.465 e. The first-order chi connectivity index (χ1) is 30.1. The minimum atomic E-state index is -0.449. The van der Waals surface area contributed by atoms with Crippen LogP contribution in [-0.4, -0.2) is 98.4 Å². The molecule has 10 nitrogen and oxygen atoms in total. The molecule has 1 heterocycles. The molecule has 2 unspecified atom stereocenters. The van der Waals surface area contributed by atoms with Gasteiger partial charge in [-0.1, -0.05) is 150 Å². The van der Waals surface area contributed by atoms with Crippen molar-refractivity contribution < 1.29 is 38.1 Å². The van der Waals surface area contributed by atoms with Crippen LogP contribution in [0, 0.1) is 0 Å². The molecule has 1 fully saturated rings. The molecule has 0 spiro atoms. The number of likely N-dealkylation sites (tertiary alicyclic amines) is 1. The highest BCUT2D eigenvalue weighted by Crippen LogP contribution is 2.24. The maximum absolute atomic E-state index is 13.4. The Morgan fingerprint density at radius 3 is 1.47 bits per heavy atom. The van der Waals surface area contributed by atoms with Crippen LogP contribution in [-0.2, 0) is 38.1 Å². The van der Waals surface area contributed by atoms with E-state index in [-0.39, 0.29) is 42.2 Å². The molecule has 0 radical (unpaired) electrons. The standard InChI is InChI=1S/C52H98N2O8/c1-7-11-15-18-21-27-35-45(33-14-10-4)60-49(55)37-29-23-20-24-32-42-59-52(58)48-43-47(62-51(57)39-41-53(5)6)44-54(48)40-31-25-30-38-50(56)61-46(34-26-17-13-9-3)36-28-22-19-16-12-8-2/h45-48H,7-44H2,1-6H3/t45?,46?,47-,48-/m0/s1. The Labute approximate surface area is 381 Å². The van der Waals surface area contributed by atoms with Gasteiger partial charge in [0.2, 0.25) is 0 Å². The zero-order valence-corrected chi connectivity index (χ0v) is 41.3. The van der Waals surface area contributed by atoms with Crippen molar-refractivity contribution in [3.05, 3.63) is 0 Å². The highest BCUT2D eigenvalue weighted by molar-refractivity contribution is 5.76. The van der Waals surface area contributed by atoms with Gasteiger partial charge >= 0.3 is 23.9 Å². The monoisotopic (exact) mass is 879 g/mol. The number of rotatable bonds is 43. The number of hydrogen-bond acceptors (Lipinski definition) is 10. The summed E-state index contributed by atoms with van der Waals surface area (Å²) in [5.41, 5.74) is 0. The number of hydrogen-bond donors (Lipinski definition) is 0. The quantitative estimate of drug-likeness (QED) is 0.0333. The molecule has 10 heteroatoms. The van der Waals surface area contributed by atoms with Gasteiger partial charge in [-0.15, -0.1) is 0 Å². The molecule has 0 saturated carbocycles. The van der Waals surface area contributed by atoms with Crippen molar-refractivity contribution >= 4 is 23.9 Å². The van der Waals surface area contributed by atoms with Crippen molar-refractivity contribution in [3.8, 4) is 0 Å². The lowest BCUT2D eigenvalue weighted by molar-refractivity contribution is -0.151. The van der Waals surface area contributed by atoms with Crippen molar-refractivity contribution in [3.63, 3.8) is 0 Å². The van der Waals surface area contributed by atoms with Crippen LogP contribution in [0.15, 0.2) is 0 Å². The molecule has 0 aliphatic carbocycles. The first kappa shape index (κ1) is 57.8. The second kappa shape index (κ2) is 40.3. The fourth-order valence-electron chi connectivity index (χ4n) is 8.48. The smallest absolute Gasteiger partial charge is 0.323 e. The topological polar surface area (TPSA) is 112 Å². The molecule has 0 bridgehead atoms. The van der Waals surface area contributed by atoms with E-state index in [9.17, 15) is 19.2 Å². The molecule has 1 aliphatic rings. The molecular formula is C52H98N2O8. The van der Waals surface area contributed by atoms with Crippen molar-refractivity contribution in [2.45, 2.75) is 270 Å². The number of ether oxygens (including phenoxy) is 4. The van der Waals surface area contributed by atoms with E-state index in [2.05, 4.69) is 32.6 Å². The maximum Gasteiger partial charge on any atom is 0.323 e. The number of carbonyl (C=O) groups is 4. The van der Waals surface area contributed by atoms with E-state index in [1.54, 1.807) is 0 Å². The van der Waals surface area contributed by atoms with Crippen LogP contribution in [0.25, 0.3) is 0 Å². The number of carbonyl (C=O) groups excluding carboxylic acids is 4. The Morgan fingerprint density at radius 2 is 0.952 bits per heavy atom. The minimum absolute atomic E-state index is 0.0302. The van der Waals surface area contributed by atoms with Crippen LogP contribution in [0.2, 0.25) is 0 Å². The Morgan fingerprint density at radius 1 is 0.516 bits per heavy atom. The lowest BCUT2D eigenvalue weighted by atomic mass is 10.0. The predicted octanol–water partition coefficient (Wildman–Crippen LogP) is 12.9. The second-order valence-corrected chi connectivity index (χ2v) is 18.7. The fraction of sp³-hybridized carbons (Fsp3) is 0.923. The summed E-state index contributed by atoms with van der Waals surface area (Å²) >= 11 is 0. The van der Waals surface area contributed by atoms with Gasteiger partial charge in [0.05, 0.1) is 13.0 Å². The Kier molecular flexibility index (Phi) is 37.6. The van der Waals surface area contributed by atoms with Gasteiger partial charge < -0.3 is 23.8 Å². The molecule has 364 valence electrons. The van der Waals surface area contributed by atoms with Gasteiger partial charge in [-0.2, -0.15) is 0 Å². The summed E-state index contributed by atoms with van der Waals surface area (Å²) < 4.78 is 23.5. The molecule has 0 aromatic heterocycles. The molecule has 0 N–H and O–H groups in total. The van der Waals surface area contributed by atoms with Gasteiger partial charge in [-0.25, -0.2) is 0 Å². The molecule has 1 saturated heterocycles. The van der Waals surface area contributed by atoms with Gasteiger partial charge in [0, 0.05) is 32.4 Å². The van der Waals surface area contributed by atoms with Crippen molar-refractivity contribution in [2.75, 3.05) is 40.3 Å². The van der Waals surface area contributed by atoms with Crippen molar-refractivity contribution in [1.82, 2.24) is 9.80 Å². The van der Waals surface area contributed by atoms with E-state index in [1.807, 2.05) is 19.0 Å². The Balaban J connectivity index is 2.49. The third kappa shape index (κ3) is 32.5. The Hall–Kier alpha value is -2.20. The lowest BCUT2D eigenvalue weighted by Gasteiger charge is -2.22. The van der Waals surface area contributed by atoms with Gasteiger partial charge in [0.15, 0.2) is 0 Å². The average Bonchev–Trinajstić information content (AvgIpc) is 3.65. The van der Waals surface area contributed by atoms with Crippen LogP contribution in [0.4, 0.5) is 0 Å². The third-order valence-electron chi connectivity index (χ3n) is 12.4. The summed E-state index contributed by atoms with van der Waals surface area (Å²) in [4.78, 5) is 55.6. The fourth-order valence-corrected chi connectivity index (χ4v) is 8.48. The molecule has 1 aliphatic heterocycles. The first-order valence-corrected chi connectivity index (χ1v) is 26.3. The number of esters is 4. The third-order valence-corrected chi connectivity index (χ3v) is 12.4. The summed E-state index contributed by atoms with van der Waals surface area (Å²) in [6.45, 7) is 11.0. The molecule has 1 rings (SSSR count). The molecule has 4 atom stereocenters. The van der Waals surface area contributed by atoms with E-state index >= 15 is 0 Å². The summed E-state index contributed by atoms with van der Waals surface area (Å²) in [5.74, 6) is -0.644. The maximum atomic E-state index is 13.4. The highest BCUT2D eigenvalue weighted by atomic mass is 16.6. The summed E-state index contributed by atoms with van der Waals surface area (Å²) in [7, 11) is 3.86. The van der Waals surface area contributed by atoms with Crippen molar-refractivity contribution in [2.24, 2.45) is 0 Å². The summed E-state index contributed by atoms with van der Waals surface area (Å²) in [6.07, 6.45) is 34.1. The largest absolute Gasteiger partial charge is 0.465 e. The van der Waals surface area contributed by atoms with Gasteiger partial charge in [0.25, 0.3) is 0 Å². The molecule has 0 amide bonds. The molecule has 0 aromatic rings. The van der Waals surface area contributed by atoms with Crippen LogP contribution in [0.1, 0.15) is 246 Å². The van der Waals surface area contributed by atoms with Crippen LogP contribution in [0.5, 0.6) is 0 Å². The van der Waals surface area contributed by atoms with Gasteiger partial charge in [-0.05, 0) is 91.3 Å².